The zero-order chi connectivity index (χ0) is 4.99. The Balaban J connectivity index is -0.000000125. The lowest BCUT2D eigenvalue weighted by Gasteiger charge is -1.85. The molecule has 52 valence electrons. The number of amides is 1. The van der Waals surface area contributed by atoms with Crippen LogP contribution in [-0.2, 0) is 4.79 Å². The number of primary amides is 1. The van der Waals surface area contributed by atoms with Crippen LogP contribution in [0.3, 0.4) is 0 Å². The van der Waals surface area contributed by atoms with Gasteiger partial charge in [-0.2, -0.15) is 0 Å². The maximum Gasteiger partial charge on any atom is 0.231 e. The van der Waals surface area contributed by atoms with Gasteiger partial charge in [0.15, 0.2) is 0 Å². The quantitative estimate of drug-likeness (QED) is 0.481. The standard InChI is InChI=1S/C3H8N2O.ClH.H2O/c1-5-2-3(4)6;;/h5H,2H2,1H3,(H2,4,6);1H;1H2. The summed E-state index contributed by atoms with van der Waals surface area (Å²) in [5, 5.41) is 2.59. The SMILES string of the molecule is CNCC(N)=O.Cl.O. The van der Waals surface area contributed by atoms with Crippen molar-refractivity contribution in [3.05, 3.63) is 0 Å². The molecule has 0 heterocycles. The summed E-state index contributed by atoms with van der Waals surface area (Å²) in [6, 6.07) is 0. The molecule has 0 saturated heterocycles. The summed E-state index contributed by atoms with van der Waals surface area (Å²) in [7, 11) is 1.67. The third-order valence-electron chi connectivity index (χ3n) is 0.351. The van der Waals surface area contributed by atoms with Gasteiger partial charge in [0.25, 0.3) is 0 Å². The first-order valence-electron chi connectivity index (χ1n) is 1.70. The summed E-state index contributed by atoms with van der Waals surface area (Å²) in [6.45, 7) is 0.264. The van der Waals surface area contributed by atoms with E-state index in [4.69, 9.17) is 5.73 Å². The zero-order valence-electron chi connectivity index (χ0n) is 4.60. The van der Waals surface area contributed by atoms with E-state index in [9.17, 15) is 4.79 Å². The van der Waals surface area contributed by atoms with E-state index in [0.717, 1.165) is 0 Å². The third-order valence-corrected chi connectivity index (χ3v) is 0.351. The van der Waals surface area contributed by atoms with Crippen LogP contribution in [0.15, 0.2) is 0 Å². The van der Waals surface area contributed by atoms with Crippen LogP contribution in [0.25, 0.3) is 0 Å². The summed E-state index contributed by atoms with van der Waals surface area (Å²) in [4.78, 5) is 9.76. The fourth-order valence-corrected chi connectivity index (χ4v) is 0.174. The minimum absolute atomic E-state index is 0. The van der Waals surface area contributed by atoms with Crippen LogP contribution < -0.4 is 11.1 Å². The molecule has 0 saturated carbocycles. The van der Waals surface area contributed by atoms with E-state index in [1.165, 1.54) is 0 Å². The van der Waals surface area contributed by atoms with Crippen molar-refractivity contribution >= 4 is 18.3 Å². The molecule has 0 rings (SSSR count). The molecule has 0 unspecified atom stereocenters. The second-order valence-electron chi connectivity index (χ2n) is 0.997. The Hall–Kier alpha value is -0.320. The molecule has 0 atom stereocenters. The molecule has 0 aromatic carbocycles. The van der Waals surface area contributed by atoms with E-state index in [0.29, 0.717) is 0 Å². The van der Waals surface area contributed by atoms with Gasteiger partial charge < -0.3 is 16.5 Å². The van der Waals surface area contributed by atoms with Gasteiger partial charge in [0.05, 0.1) is 6.54 Å². The van der Waals surface area contributed by atoms with Crippen LogP contribution in [0.2, 0.25) is 0 Å². The van der Waals surface area contributed by atoms with Gasteiger partial charge in [-0.3, -0.25) is 4.79 Å². The first-order chi connectivity index (χ1) is 2.77. The second kappa shape index (κ2) is 9.84. The number of likely N-dealkylation sites (N-methyl/N-ethyl adjacent to an activating group) is 1. The van der Waals surface area contributed by atoms with Crippen LogP contribution in [0, 0.1) is 0 Å². The predicted molar refractivity (Wildman–Crippen MR) is 34.0 cm³/mol. The Morgan fingerprint density at radius 2 is 2.12 bits per heavy atom. The number of nitrogens with two attached hydrogens (primary N) is 1. The first-order valence-corrected chi connectivity index (χ1v) is 1.70. The van der Waals surface area contributed by atoms with E-state index >= 15 is 0 Å². The Bertz CT molecular complexity index is 59.2. The molecule has 0 aliphatic carbocycles. The van der Waals surface area contributed by atoms with Crippen molar-refractivity contribution in [1.82, 2.24) is 5.32 Å². The molecular formula is C3H11ClN2O2. The van der Waals surface area contributed by atoms with Gasteiger partial charge >= 0.3 is 0 Å². The molecule has 8 heavy (non-hydrogen) atoms. The molecule has 0 bridgehead atoms. The first kappa shape index (κ1) is 15.6. The van der Waals surface area contributed by atoms with Gasteiger partial charge in [0.2, 0.25) is 5.91 Å². The fourth-order valence-electron chi connectivity index (χ4n) is 0.174. The van der Waals surface area contributed by atoms with Crippen molar-refractivity contribution in [2.45, 2.75) is 0 Å². The lowest BCUT2D eigenvalue weighted by atomic mass is 10.6. The lowest BCUT2D eigenvalue weighted by Crippen LogP contribution is -2.25. The van der Waals surface area contributed by atoms with Crippen molar-refractivity contribution in [1.29, 1.82) is 0 Å². The van der Waals surface area contributed by atoms with Crippen LogP contribution >= 0.6 is 12.4 Å². The highest BCUT2D eigenvalue weighted by molar-refractivity contribution is 5.85. The monoisotopic (exact) mass is 142 g/mol. The number of carbonyl (C=O) groups excluding carboxylic acids is 1. The molecule has 0 aromatic rings. The normalized spacial score (nSPS) is 6.12. The summed E-state index contributed by atoms with van der Waals surface area (Å²) >= 11 is 0. The Kier molecular flexibility index (Phi) is 19.2. The lowest BCUT2D eigenvalue weighted by molar-refractivity contribution is -0.117. The molecule has 0 aromatic heterocycles. The van der Waals surface area contributed by atoms with Gasteiger partial charge in [-0.05, 0) is 7.05 Å². The van der Waals surface area contributed by atoms with Crippen molar-refractivity contribution in [2.24, 2.45) is 5.73 Å². The molecule has 0 radical (unpaired) electrons. The van der Waals surface area contributed by atoms with Gasteiger partial charge in [-0.15, -0.1) is 12.4 Å². The Morgan fingerprint density at radius 1 is 1.75 bits per heavy atom. The fraction of sp³-hybridized carbons (Fsp3) is 0.667. The molecule has 4 nitrogen and oxygen atoms in total. The van der Waals surface area contributed by atoms with E-state index < -0.39 is 0 Å². The van der Waals surface area contributed by atoms with Crippen LogP contribution in [0.1, 0.15) is 0 Å². The number of halogens is 1. The molecule has 0 spiro atoms. The Labute approximate surface area is 54.2 Å². The van der Waals surface area contributed by atoms with E-state index in [2.05, 4.69) is 5.32 Å². The highest BCUT2D eigenvalue weighted by Gasteiger charge is 1.82. The van der Waals surface area contributed by atoms with Gasteiger partial charge in [-0.1, -0.05) is 0 Å². The zero-order valence-corrected chi connectivity index (χ0v) is 5.42. The van der Waals surface area contributed by atoms with Crippen LogP contribution in [-0.4, -0.2) is 25.0 Å². The van der Waals surface area contributed by atoms with E-state index in [1.54, 1.807) is 7.05 Å². The molecule has 0 aliphatic rings. The number of rotatable bonds is 2. The van der Waals surface area contributed by atoms with Crippen LogP contribution in [0.4, 0.5) is 0 Å². The maximum absolute atomic E-state index is 9.76. The third kappa shape index (κ3) is 17.3. The van der Waals surface area contributed by atoms with Gasteiger partial charge in [-0.25, -0.2) is 0 Å². The van der Waals surface area contributed by atoms with Crippen molar-refractivity contribution in [2.75, 3.05) is 13.6 Å². The average Bonchev–Trinajstić information content (AvgIpc) is 1.35. The van der Waals surface area contributed by atoms with E-state index in [1.807, 2.05) is 0 Å². The number of hydrogen-bond donors (Lipinski definition) is 2. The van der Waals surface area contributed by atoms with Gasteiger partial charge in [0, 0.05) is 0 Å². The molecule has 1 amide bonds. The summed E-state index contributed by atoms with van der Waals surface area (Å²) in [6.07, 6.45) is 0. The highest BCUT2D eigenvalue weighted by Crippen LogP contribution is 1.44. The maximum atomic E-state index is 9.76. The summed E-state index contributed by atoms with van der Waals surface area (Å²) in [5.41, 5.74) is 4.70. The highest BCUT2D eigenvalue weighted by atomic mass is 35.5. The number of hydrogen-bond acceptors (Lipinski definition) is 2. The molecule has 0 aliphatic heterocycles. The molecule has 5 heteroatoms. The Morgan fingerprint density at radius 3 is 2.12 bits per heavy atom. The smallest absolute Gasteiger partial charge is 0.231 e. The average molecular weight is 143 g/mol. The second-order valence-corrected chi connectivity index (χ2v) is 0.997. The van der Waals surface area contributed by atoms with Crippen molar-refractivity contribution < 1.29 is 10.3 Å². The minimum Gasteiger partial charge on any atom is -0.412 e. The number of nitrogens with one attached hydrogen (secondary N) is 1. The summed E-state index contributed by atoms with van der Waals surface area (Å²) < 4.78 is 0. The molecular weight excluding hydrogens is 131 g/mol. The van der Waals surface area contributed by atoms with Crippen LogP contribution in [0.5, 0.6) is 0 Å². The largest absolute Gasteiger partial charge is 0.412 e. The van der Waals surface area contributed by atoms with E-state index in [-0.39, 0.29) is 30.3 Å². The predicted octanol–water partition coefficient (Wildman–Crippen LogP) is -1.71. The molecule has 0 fully saturated rings. The topological polar surface area (TPSA) is 86.6 Å². The number of carbonyl (C=O) groups is 1. The van der Waals surface area contributed by atoms with Crippen molar-refractivity contribution in [3.8, 4) is 0 Å². The minimum atomic E-state index is -0.322. The molecule has 5 N–H and O–H groups in total. The summed E-state index contributed by atoms with van der Waals surface area (Å²) in [5.74, 6) is -0.322. The van der Waals surface area contributed by atoms with Gasteiger partial charge in [0.1, 0.15) is 0 Å². The van der Waals surface area contributed by atoms with Crippen molar-refractivity contribution in [3.63, 3.8) is 0 Å².